The van der Waals surface area contributed by atoms with Gasteiger partial charge in [0.15, 0.2) is 11.8 Å². The fourth-order valence-electron chi connectivity index (χ4n) is 3.77. The summed E-state index contributed by atoms with van der Waals surface area (Å²) < 4.78 is 10.6. The van der Waals surface area contributed by atoms with Crippen molar-refractivity contribution in [3.8, 4) is 0 Å². The standard InChI is InChI=1S/C23H31N3O5/c1-16(2)11-12-26(20(27)15-24-22(28)19-10-6-14-31-19)21(18-9-5-13-30-18)23(29)25-17-7-3-4-8-17/h5-6,9-10,13-14,16-17,21H,3-4,7-8,11-12,15H2,1-2H3,(H,24,28)(H,25,29). The molecular formula is C23H31N3O5. The second-order valence-corrected chi connectivity index (χ2v) is 8.34. The average molecular weight is 430 g/mol. The lowest BCUT2D eigenvalue weighted by molar-refractivity contribution is -0.141. The molecule has 3 rings (SSSR count). The van der Waals surface area contributed by atoms with Crippen LogP contribution in [-0.2, 0) is 9.59 Å². The minimum Gasteiger partial charge on any atom is -0.467 e. The predicted octanol–water partition coefficient (Wildman–Crippen LogP) is 3.28. The second-order valence-electron chi connectivity index (χ2n) is 8.34. The molecule has 168 valence electrons. The van der Waals surface area contributed by atoms with Crippen molar-refractivity contribution in [2.24, 2.45) is 5.92 Å². The summed E-state index contributed by atoms with van der Waals surface area (Å²) in [6, 6.07) is 5.77. The Kier molecular flexibility index (Phi) is 7.92. The van der Waals surface area contributed by atoms with E-state index in [9.17, 15) is 14.4 Å². The van der Waals surface area contributed by atoms with E-state index in [0.717, 1.165) is 25.7 Å². The van der Waals surface area contributed by atoms with Crippen LogP contribution in [0.25, 0.3) is 0 Å². The van der Waals surface area contributed by atoms with Gasteiger partial charge in [0.25, 0.3) is 11.8 Å². The van der Waals surface area contributed by atoms with Crippen LogP contribution >= 0.6 is 0 Å². The van der Waals surface area contributed by atoms with Gasteiger partial charge in [0.2, 0.25) is 5.91 Å². The number of carbonyl (C=O) groups is 3. The maximum Gasteiger partial charge on any atom is 0.287 e. The lowest BCUT2D eigenvalue weighted by Crippen LogP contribution is -2.49. The van der Waals surface area contributed by atoms with Crippen molar-refractivity contribution in [2.75, 3.05) is 13.1 Å². The van der Waals surface area contributed by atoms with Crippen LogP contribution in [-0.4, -0.2) is 41.8 Å². The third-order valence-corrected chi connectivity index (χ3v) is 5.49. The zero-order valence-corrected chi connectivity index (χ0v) is 18.1. The SMILES string of the molecule is CC(C)CCN(C(=O)CNC(=O)c1ccco1)C(C(=O)NC1CCCC1)c1ccco1. The minimum absolute atomic E-state index is 0.116. The highest BCUT2D eigenvalue weighted by atomic mass is 16.3. The van der Waals surface area contributed by atoms with Crippen molar-refractivity contribution in [3.05, 3.63) is 48.3 Å². The Morgan fingerprint density at radius 3 is 2.42 bits per heavy atom. The Morgan fingerprint density at radius 1 is 1.10 bits per heavy atom. The normalized spacial score (nSPS) is 15.1. The summed E-state index contributed by atoms with van der Waals surface area (Å²) in [4.78, 5) is 40.1. The van der Waals surface area contributed by atoms with Gasteiger partial charge in [-0.25, -0.2) is 0 Å². The zero-order chi connectivity index (χ0) is 22.2. The summed E-state index contributed by atoms with van der Waals surface area (Å²) in [7, 11) is 0. The van der Waals surface area contributed by atoms with E-state index in [0.29, 0.717) is 24.6 Å². The summed E-state index contributed by atoms with van der Waals surface area (Å²) >= 11 is 0. The fourth-order valence-corrected chi connectivity index (χ4v) is 3.77. The third-order valence-electron chi connectivity index (χ3n) is 5.49. The van der Waals surface area contributed by atoms with E-state index in [1.54, 1.807) is 18.2 Å². The fraction of sp³-hybridized carbons (Fsp3) is 0.522. The summed E-state index contributed by atoms with van der Waals surface area (Å²) in [6.07, 6.45) is 7.66. The van der Waals surface area contributed by atoms with Crippen molar-refractivity contribution in [3.63, 3.8) is 0 Å². The van der Waals surface area contributed by atoms with E-state index in [4.69, 9.17) is 8.83 Å². The maximum atomic E-state index is 13.2. The van der Waals surface area contributed by atoms with E-state index in [2.05, 4.69) is 24.5 Å². The van der Waals surface area contributed by atoms with Gasteiger partial charge in [0.1, 0.15) is 5.76 Å². The molecule has 1 saturated carbocycles. The van der Waals surface area contributed by atoms with Crippen LogP contribution in [0.4, 0.5) is 0 Å². The molecule has 1 atom stereocenters. The van der Waals surface area contributed by atoms with Crippen molar-refractivity contribution < 1.29 is 23.2 Å². The molecule has 1 fully saturated rings. The Balaban J connectivity index is 1.76. The highest BCUT2D eigenvalue weighted by Crippen LogP contribution is 2.25. The van der Waals surface area contributed by atoms with Crippen molar-refractivity contribution in [2.45, 2.75) is 58.0 Å². The zero-order valence-electron chi connectivity index (χ0n) is 18.1. The van der Waals surface area contributed by atoms with Gasteiger partial charge >= 0.3 is 0 Å². The number of nitrogens with one attached hydrogen (secondary N) is 2. The molecule has 2 aromatic rings. The van der Waals surface area contributed by atoms with Crippen LogP contribution < -0.4 is 10.6 Å². The summed E-state index contributed by atoms with van der Waals surface area (Å²) in [6.45, 7) is 4.24. The van der Waals surface area contributed by atoms with Crippen molar-refractivity contribution in [1.82, 2.24) is 15.5 Å². The summed E-state index contributed by atoms with van der Waals surface area (Å²) in [5.74, 6) is -0.219. The molecule has 3 amide bonds. The number of furan rings is 2. The quantitative estimate of drug-likeness (QED) is 0.603. The van der Waals surface area contributed by atoms with Gasteiger partial charge in [0, 0.05) is 12.6 Å². The molecule has 0 radical (unpaired) electrons. The Bertz CT molecular complexity index is 839. The smallest absolute Gasteiger partial charge is 0.287 e. The van der Waals surface area contributed by atoms with Crippen LogP contribution in [0, 0.1) is 5.92 Å². The van der Waals surface area contributed by atoms with E-state index >= 15 is 0 Å². The second kappa shape index (κ2) is 10.8. The number of rotatable bonds is 10. The monoisotopic (exact) mass is 429 g/mol. The molecular weight excluding hydrogens is 398 g/mol. The van der Waals surface area contributed by atoms with Gasteiger partial charge in [-0.05, 0) is 49.4 Å². The van der Waals surface area contributed by atoms with E-state index in [1.807, 2.05) is 0 Å². The first-order chi connectivity index (χ1) is 15.0. The molecule has 2 heterocycles. The Morgan fingerprint density at radius 2 is 1.81 bits per heavy atom. The molecule has 2 aromatic heterocycles. The van der Waals surface area contributed by atoms with Crippen LogP contribution in [0.1, 0.15) is 68.3 Å². The lowest BCUT2D eigenvalue weighted by Gasteiger charge is -2.31. The average Bonchev–Trinajstić information content (AvgIpc) is 3.51. The molecule has 1 aliphatic rings. The van der Waals surface area contributed by atoms with Crippen LogP contribution in [0.2, 0.25) is 0 Å². The molecule has 0 saturated heterocycles. The molecule has 31 heavy (non-hydrogen) atoms. The lowest BCUT2D eigenvalue weighted by atomic mass is 10.1. The van der Waals surface area contributed by atoms with Crippen LogP contribution in [0.3, 0.4) is 0 Å². The van der Waals surface area contributed by atoms with Gasteiger partial charge in [-0.15, -0.1) is 0 Å². The summed E-state index contributed by atoms with van der Waals surface area (Å²) in [5, 5.41) is 5.66. The largest absolute Gasteiger partial charge is 0.467 e. The Labute approximate surface area is 182 Å². The van der Waals surface area contributed by atoms with Gasteiger partial charge in [0.05, 0.1) is 19.1 Å². The van der Waals surface area contributed by atoms with Gasteiger partial charge in [-0.1, -0.05) is 26.7 Å². The number of hydrogen-bond donors (Lipinski definition) is 2. The Hall–Kier alpha value is -3.03. The highest BCUT2D eigenvalue weighted by molar-refractivity contribution is 5.95. The first kappa shape index (κ1) is 22.7. The molecule has 0 aromatic carbocycles. The minimum atomic E-state index is -0.887. The molecule has 0 aliphatic heterocycles. The molecule has 0 bridgehead atoms. The van der Waals surface area contributed by atoms with Gasteiger partial charge < -0.3 is 24.4 Å². The van der Waals surface area contributed by atoms with E-state index < -0.39 is 11.9 Å². The topological polar surface area (TPSA) is 105 Å². The van der Waals surface area contributed by atoms with Crippen LogP contribution in [0.15, 0.2) is 45.6 Å². The van der Waals surface area contributed by atoms with Crippen molar-refractivity contribution in [1.29, 1.82) is 0 Å². The van der Waals surface area contributed by atoms with E-state index in [1.165, 1.54) is 23.5 Å². The van der Waals surface area contributed by atoms with Crippen LogP contribution in [0.5, 0.6) is 0 Å². The molecule has 8 heteroatoms. The van der Waals surface area contributed by atoms with Gasteiger partial charge in [-0.3, -0.25) is 14.4 Å². The number of amides is 3. The number of carbonyl (C=O) groups excluding carboxylic acids is 3. The molecule has 1 aliphatic carbocycles. The molecule has 8 nitrogen and oxygen atoms in total. The van der Waals surface area contributed by atoms with Gasteiger partial charge in [-0.2, -0.15) is 0 Å². The highest BCUT2D eigenvalue weighted by Gasteiger charge is 2.35. The number of hydrogen-bond acceptors (Lipinski definition) is 5. The maximum absolute atomic E-state index is 13.2. The first-order valence-corrected chi connectivity index (χ1v) is 10.9. The molecule has 2 N–H and O–H groups in total. The first-order valence-electron chi connectivity index (χ1n) is 10.9. The predicted molar refractivity (Wildman–Crippen MR) is 114 cm³/mol. The molecule has 0 spiro atoms. The third kappa shape index (κ3) is 6.23. The number of nitrogens with zero attached hydrogens (tertiary/aromatic N) is 1. The molecule has 1 unspecified atom stereocenters. The van der Waals surface area contributed by atoms with E-state index in [-0.39, 0.29) is 30.2 Å². The van der Waals surface area contributed by atoms with Crippen molar-refractivity contribution >= 4 is 17.7 Å². The summed E-state index contributed by atoms with van der Waals surface area (Å²) in [5.41, 5.74) is 0.